The van der Waals surface area contributed by atoms with Crippen LogP contribution < -0.4 is 9.47 Å². The van der Waals surface area contributed by atoms with Crippen LogP contribution in [0.15, 0.2) is 30.3 Å². The van der Waals surface area contributed by atoms with Gasteiger partial charge in [0.2, 0.25) is 0 Å². The lowest BCUT2D eigenvalue weighted by Gasteiger charge is -2.54. The molecule has 0 radical (unpaired) electrons. The summed E-state index contributed by atoms with van der Waals surface area (Å²) in [5.74, 6) is 2.94. The molecule has 1 heterocycles. The van der Waals surface area contributed by atoms with E-state index in [0.29, 0.717) is 18.3 Å². The second-order valence-electron chi connectivity index (χ2n) is 7.91. The maximum absolute atomic E-state index is 13.1. The summed E-state index contributed by atoms with van der Waals surface area (Å²) >= 11 is 0. The molecular weight excluding hydrogens is 312 g/mol. The van der Waals surface area contributed by atoms with Crippen molar-refractivity contribution in [2.45, 2.75) is 50.5 Å². The second kappa shape index (κ2) is 5.48. The molecule has 2 fully saturated rings. The summed E-state index contributed by atoms with van der Waals surface area (Å²) in [5, 5.41) is 2.03. The first-order valence-corrected chi connectivity index (χ1v) is 9.55. The van der Waals surface area contributed by atoms with Crippen molar-refractivity contribution in [2.75, 3.05) is 7.11 Å². The lowest BCUT2D eigenvalue weighted by molar-refractivity contribution is -0.100. The summed E-state index contributed by atoms with van der Waals surface area (Å²) in [7, 11) is 1.69. The molecule has 1 spiro atoms. The van der Waals surface area contributed by atoms with Crippen molar-refractivity contribution in [1.29, 1.82) is 0 Å². The van der Waals surface area contributed by atoms with E-state index in [2.05, 4.69) is 6.07 Å². The van der Waals surface area contributed by atoms with Crippen LogP contribution in [-0.4, -0.2) is 18.5 Å². The maximum Gasteiger partial charge on any atom is 0.170 e. The Morgan fingerprint density at radius 1 is 1.00 bits per heavy atom. The number of benzene rings is 2. The fourth-order valence-electron chi connectivity index (χ4n) is 5.66. The molecule has 130 valence electrons. The lowest BCUT2D eigenvalue weighted by atomic mass is 9.58. The predicted molar refractivity (Wildman–Crippen MR) is 97.5 cm³/mol. The van der Waals surface area contributed by atoms with Gasteiger partial charge >= 0.3 is 0 Å². The molecule has 2 saturated carbocycles. The molecule has 0 N–H and O–H groups in total. The Morgan fingerprint density at radius 3 is 2.40 bits per heavy atom. The highest BCUT2D eigenvalue weighted by atomic mass is 16.5. The fraction of sp³-hybridized carbons (Fsp3) is 0.500. The van der Waals surface area contributed by atoms with E-state index in [-0.39, 0.29) is 11.4 Å². The van der Waals surface area contributed by atoms with Gasteiger partial charge in [0, 0.05) is 10.8 Å². The summed E-state index contributed by atoms with van der Waals surface area (Å²) in [6.45, 7) is 0. The molecule has 0 amide bonds. The van der Waals surface area contributed by atoms with Crippen molar-refractivity contribution in [2.24, 2.45) is 11.8 Å². The first kappa shape index (κ1) is 15.2. The number of carbonyl (C=O) groups is 1. The Hall–Kier alpha value is -2.03. The number of ketones is 1. The van der Waals surface area contributed by atoms with E-state index >= 15 is 0 Å². The van der Waals surface area contributed by atoms with Gasteiger partial charge in [-0.2, -0.15) is 0 Å². The van der Waals surface area contributed by atoms with E-state index in [4.69, 9.17) is 9.47 Å². The van der Waals surface area contributed by atoms with Crippen LogP contribution in [0.25, 0.3) is 10.8 Å². The Bertz CT molecular complexity index is 832. The van der Waals surface area contributed by atoms with Gasteiger partial charge in [0.25, 0.3) is 0 Å². The minimum Gasteiger partial charge on any atom is -0.496 e. The summed E-state index contributed by atoms with van der Waals surface area (Å²) in [6, 6.07) is 9.92. The molecule has 2 aromatic carbocycles. The average molecular weight is 336 g/mol. The van der Waals surface area contributed by atoms with Gasteiger partial charge < -0.3 is 9.47 Å². The number of rotatable bonds is 1. The van der Waals surface area contributed by atoms with E-state index in [1.54, 1.807) is 7.11 Å². The number of hydrogen-bond acceptors (Lipinski definition) is 3. The predicted octanol–water partition coefficient (Wildman–Crippen LogP) is 5.15. The summed E-state index contributed by atoms with van der Waals surface area (Å²) in [5.41, 5.74) is 0.479. The quantitative estimate of drug-likeness (QED) is 0.722. The third-order valence-electron chi connectivity index (χ3n) is 6.81. The van der Waals surface area contributed by atoms with Crippen molar-refractivity contribution in [1.82, 2.24) is 0 Å². The van der Waals surface area contributed by atoms with Crippen LogP contribution in [0, 0.1) is 11.8 Å². The third kappa shape index (κ3) is 2.08. The standard InChI is InChI=1S/C22H24O3/c1-24-20-10-4-9-17-16(20)11-12-18-19(23)13-22(25-21(17)18)14-5-2-6-15(22)8-3-7-14/h4,9-12,14-15H,2-3,5-8,13H2,1H3. The number of hydrogen-bond donors (Lipinski definition) is 0. The molecular formula is C22H24O3. The Morgan fingerprint density at radius 2 is 1.72 bits per heavy atom. The Balaban J connectivity index is 1.70. The zero-order valence-electron chi connectivity index (χ0n) is 14.7. The second-order valence-corrected chi connectivity index (χ2v) is 7.91. The van der Waals surface area contributed by atoms with Crippen molar-refractivity contribution >= 4 is 16.6 Å². The zero-order chi connectivity index (χ0) is 17.0. The fourth-order valence-corrected chi connectivity index (χ4v) is 5.66. The monoisotopic (exact) mass is 336 g/mol. The first-order valence-electron chi connectivity index (χ1n) is 9.55. The SMILES string of the molecule is COc1cccc2c3c(ccc12)C(=O)CC1(O3)C2CCCC1CCC2. The molecule has 5 rings (SSSR count). The number of methoxy groups -OCH3 is 1. The van der Waals surface area contributed by atoms with E-state index in [1.807, 2.05) is 24.3 Å². The van der Waals surface area contributed by atoms with Crippen LogP contribution in [-0.2, 0) is 0 Å². The molecule has 25 heavy (non-hydrogen) atoms. The molecule has 0 saturated heterocycles. The van der Waals surface area contributed by atoms with Crippen molar-refractivity contribution in [3.8, 4) is 11.5 Å². The number of ether oxygens (including phenoxy) is 2. The van der Waals surface area contributed by atoms with Gasteiger partial charge in [0.1, 0.15) is 17.1 Å². The Kier molecular flexibility index (Phi) is 3.34. The van der Waals surface area contributed by atoms with Gasteiger partial charge in [-0.25, -0.2) is 0 Å². The number of Topliss-reactive ketones (excluding diaryl/α,β-unsaturated/α-hetero) is 1. The molecule has 2 bridgehead atoms. The smallest absolute Gasteiger partial charge is 0.170 e. The highest BCUT2D eigenvalue weighted by molar-refractivity contribution is 6.07. The molecule has 3 nitrogen and oxygen atoms in total. The average Bonchev–Trinajstić information content (AvgIpc) is 2.60. The molecule has 3 heteroatoms. The molecule has 1 aliphatic heterocycles. The van der Waals surface area contributed by atoms with Crippen LogP contribution in [0.3, 0.4) is 0 Å². The van der Waals surface area contributed by atoms with Gasteiger partial charge in [0.05, 0.1) is 19.1 Å². The van der Waals surface area contributed by atoms with Crippen molar-refractivity contribution in [3.05, 3.63) is 35.9 Å². The largest absolute Gasteiger partial charge is 0.496 e. The minimum atomic E-state index is -0.266. The maximum atomic E-state index is 13.1. The normalized spacial score (nSPS) is 30.8. The summed E-state index contributed by atoms with van der Waals surface area (Å²) in [6.07, 6.45) is 7.93. The van der Waals surface area contributed by atoms with Crippen LogP contribution >= 0.6 is 0 Å². The first-order chi connectivity index (χ1) is 12.2. The highest BCUT2D eigenvalue weighted by Gasteiger charge is 2.55. The summed E-state index contributed by atoms with van der Waals surface area (Å²) in [4.78, 5) is 13.1. The van der Waals surface area contributed by atoms with Crippen molar-refractivity contribution in [3.63, 3.8) is 0 Å². The van der Waals surface area contributed by atoms with E-state index in [1.165, 1.54) is 38.5 Å². The number of carbonyl (C=O) groups excluding carboxylic acids is 1. The van der Waals surface area contributed by atoms with Crippen molar-refractivity contribution < 1.29 is 14.3 Å². The van der Waals surface area contributed by atoms with Crippen LogP contribution in [0.1, 0.15) is 55.3 Å². The molecule has 2 aliphatic carbocycles. The lowest BCUT2D eigenvalue weighted by Crippen LogP contribution is -2.57. The minimum absolute atomic E-state index is 0.254. The van der Waals surface area contributed by atoms with Gasteiger partial charge in [0.15, 0.2) is 5.78 Å². The summed E-state index contributed by atoms with van der Waals surface area (Å²) < 4.78 is 12.4. The van der Waals surface area contributed by atoms with Crippen LogP contribution in [0.2, 0.25) is 0 Å². The molecule has 2 aromatic rings. The molecule has 0 unspecified atom stereocenters. The molecule has 0 aromatic heterocycles. The number of fused-ring (bicyclic) bond motifs is 3. The van der Waals surface area contributed by atoms with E-state index < -0.39 is 0 Å². The highest BCUT2D eigenvalue weighted by Crippen LogP contribution is 2.55. The third-order valence-corrected chi connectivity index (χ3v) is 6.81. The zero-order valence-corrected chi connectivity index (χ0v) is 14.7. The van der Waals surface area contributed by atoms with E-state index in [0.717, 1.165) is 27.8 Å². The topological polar surface area (TPSA) is 35.5 Å². The Labute approximate surface area is 148 Å². The van der Waals surface area contributed by atoms with Crippen LogP contribution in [0.4, 0.5) is 0 Å². The van der Waals surface area contributed by atoms with Gasteiger partial charge in [-0.3, -0.25) is 4.79 Å². The molecule has 0 atom stereocenters. The van der Waals surface area contributed by atoms with Gasteiger partial charge in [-0.05, 0) is 55.7 Å². The van der Waals surface area contributed by atoms with Gasteiger partial charge in [-0.15, -0.1) is 0 Å². The molecule has 3 aliphatic rings. The van der Waals surface area contributed by atoms with Gasteiger partial charge in [-0.1, -0.05) is 25.0 Å². The van der Waals surface area contributed by atoms with E-state index in [9.17, 15) is 4.79 Å². The van der Waals surface area contributed by atoms with Crippen LogP contribution in [0.5, 0.6) is 11.5 Å².